The number of Topliss-reactive ketones (excluding diaryl/α,β-unsaturated/α-hetero) is 1. The summed E-state index contributed by atoms with van der Waals surface area (Å²) in [7, 11) is 0. The van der Waals surface area contributed by atoms with Crippen molar-refractivity contribution in [3.05, 3.63) is 29.3 Å². The van der Waals surface area contributed by atoms with Gasteiger partial charge in [0.2, 0.25) is 0 Å². The molecule has 18 heavy (non-hydrogen) atoms. The second-order valence-corrected chi connectivity index (χ2v) is 5.57. The Morgan fingerprint density at radius 3 is 2.78 bits per heavy atom. The number of aryl methyl sites for hydroxylation is 1. The molecule has 98 valence electrons. The maximum atomic E-state index is 11.5. The van der Waals surface area contributed by atoms with Crippen molar-refractivity contribution in [2.75, 3.05) is 0 Å². The molecule has 1 aromatic rings. The average Bonchev–Trinajstić information content (AvgIpc) is 2.28. The third kappa shape index (κ3) is 3.12. The van der Waals surface area contributed by atoms with Crippen molar-refractivity contribution in [3.8, 4) is 5.75 Å². The minimum atomic E-state index is 0.0746. The van der Waals surface area contributed by atoms with Gasteiger partial charge in [0.25, 0.3) is 0 Å². The lowest BCUT2D eigenvalue weighted by Crippen LogP contribution is -2.25. The molecular formula is C16H22O2. The number of hydrogen-bond acceptors (Lipinski definition) is 2. The van der Waals surface area contributed by atoms with Gasteiger partial charge in [-0.15, -0.1) is 0 Å². The Balaban J connectivity index is 2.16. The Bertz CT molecular complexity index is 435. The number of ether oxygens (including phenoxy) is 1. The highest BCUT2D eigenvalue weighted by Crippen LogP contribution is 2.30. The first-order valence-corrected chi connectivity index (χ1v) is 6.85. The standard InChI is InChI=1S/C16H22O2/c1-11(2)15-8-7-12(3)9-16(15)18-14-6-4-5-13(17)10-14/h7-9,11,14H,4-6,10H2,1-3H3. The molecule has 0 aliphatic heterocycles. The van der Waals surface area contributed by atoms with Gasteiger partial charge in [0.1, 0.15) is 17.6 Å². The van der Waals surface area contributed by atoms with Crippen LogP contribution >= 0.6 is 0 Å². The van der Waals surface area contributed by atoms with Gasteiger partial charge < -0.3 is 4.74 Å². The van der Waals surface area contributed by atoms with Gasteiger partial charge in [-0.25, -0.2) is 0 Å². The molecule has 1 aliphatic rings. The molecule has 1 aliphatic carbocycles. The smallest absolute Gasteiger partial charge is 0.136 e. The molecule has 1 aromatic carbocycles. The molecule has 0 spiro atoms. The van der Waals surface area contributed by atoms with Gasteiger partial charge in [-0.1, -0.05) is 26.0 Å². The van der Waals surface area contributed by atoms with E-state index in [-0.39, 0.29) is 6.10 Å². The molecule has 1 atom stereocenters. The topological polar surface area (TPSA) is 26.3 Å². The van der Waals surface area contributed by atoms with Crippen LogP contribution < -0.4 is 4.74 Å². The number of ketones is 1. The van der Waals surface area contributed by atoms with Crippen LogP contribution in [0.15, 0.2) is 18.2 Å². The molecule has 0 N–H and O–H groups in total. The first-order chi connectivity index (χ1) is 8.56. The molecule has 0 amide bonds. The lowest BCUT2D eigenvalue weighted by molar-refractivity contribution is -0.122. The fraction of sp³-hybridized carbons (Fsp3) is 0.562. The summed E-state index contributed by atoms with van der Waals surface area (Å²) in [5.41, 5.74) is 2.44. The van der Waals surface area contributed by atoms with Crippen LogP contribution in [-0.4, -0.2) is 11.9 Å². The minimum Gasteiger partial charge on any atom is -0.490 e. The lowest BCUT2D eigenvalue weighted by atomic mass is 9.96. The molecule has 0 bridgehead atoms. The first-order valence-electron chi connectivity index (χ1n) is 6.85. The third-order valence-electron chi connectivity index (χ3n) is 3.52. The van der Waals surface area contributed by atoms with Crippen molar-refractivity contribution in [3.63, 3.8) is 0 Å². The van der Waals surface area contributed by atoms with E-state index < -0.39 is 0 Å². The largest absolute Gasteiger partial charge is 0.490 e. The molecule has 2 heteroatoms. The summed E-state index contributed by atoms with van der Waals surface area (Å²) < 4.78 is 6.08. The van der Waals surface area contributed by atoms with Crippen molar-refractivity contribution in [2.24, 2.45) is 0 Å². The molecule has 1 unspecified atom stereocenters. The molecule has 2 nitrogen and oxygen atoms in total. The average molecular weight is 246 g/mol. The van der Waals surface area contributed by atoms with Gasteiger partial charge >= 0.3 is 0 Å². The zero-order valence-corrected chi connectivity index (χ0v) is 11.5. The number of carbonyl (C=O) groups is 1. The van der Waals surface area contributed by atoms with E-state index in [9.17, 15) is 4.79 Å². The van der Waals surface area contributed by atoms with Crippen molar-refractivity contribution in [1.82, 2.24) is 0 Å². The summed E-state index contributed by atoms with van der Waals surface area (Å²) in [6.45, 7) is 6.41. The first kappa shape index (κ1) is 13.1. The van der Waals surface area contributed by atoms with Gasteiger partial charge in [-0.05, 0) is 42.9 Å². The van der Waals surface area contributed by atoms with Gasteiger partial charge in [-0.3, -0.25) is 4.79 Å². The van der Waals surface area contributed by atoms with Crippen molar-refractivity contribution >= 4 is 5.78 Å². The van der Waals surface area contributed by atoms with Crippen LogP contribution in [0.2, 0.25) is 0 Å². The van der Waals surface area contributed by atoms with E-state index in [1.807, 2.05) is 0 Å². The predicted molar refractivity (Wildman–Crippen MR) is 73.2 cm³/mol. The Morgan fingerprint density at radius 1 is 1.33 bits per heavy atom. The van der Waals surface area contributed by atoms with E-state index in [2.05, 4.69) is 39.0 Å². The van der Waals surface area contributed by atoms with E-state index in [1.165, 1.54) is 11.1 Å². The molecule has 2 rings (SSSR count). The van der Waals surface area contributed by atoms with Gasteiger partial charge in [-0.2, -0.15) is 0 Å². The third-order valence-corrected chi connectivity index (χ3v) is 3.52. The summed E-state index contributed by atoms with van der Waals surface area (Å²) in [5, 5.41) is 0. The maximum Gasteiger partial charge on any atom is 0.136 e. The Hall–Kier alpha value is -1.31. The summed E-state index contributed by atoms with van der Waals surface area (Å²) in [5.74, 6) is 1.74. The highest BCUT2D eigenvalue weighted by atomic mass is 16.5. The summed E-state index contributed by atoms with van der Waals surface area (Å²) in [4.78, 5) is 11.5. The highest BCUT2D eigenvalue weighted by molar-refractivity contribution is 5.79. The summed E-state index contributed by atoms with van der Waals surface area (Å²) in [6.07, 6.45) is 3.34. The summed E-state index contributed by atoms with van der Waals surface area (Å²) >= 11 is 0. The zero-order chi connectivity index (χ0) is 13.1. The maximum absolute atomic E-state index is 11.5. The van der Waals surface area contributed by atoms with Crippen LogP contribution in [0.3, 0.4) is 0 Å². The van der Waals surface area contributed by atoms with Crippen molar-refractivity contribution in [1.29, 1.82) is 0 Å². The minimum absolute atomic E-state index is 0.0746. The SMILES string of the molecule is Cc1ccc(C(C)C)c(OC2CCCC(=O)C2)c1. The molecular weight excluding hydrogens is 224 g/mol. The second-order valence-electron chi connectivity index (χ2n) is 5.57. The monoisotopic (exact) mass is 246 g/mol. The van der Waals surface area contributed by atoms with E-state index in [0.29, 0.717) is 18.1 Å². The highest BCUT2D eigenvalue weighted by Gasteiger charge is 2.22. The molecule has 0 radical (unpaired) electrons. The fourth-order valence-corrected chi connectivity index (χ4v) is 2.49. The number of carbonyl (C=O) groups excluding carboxylic acids is 1. The number of benzene rings is 1. The van der Waals surface area contributed by atoms with E-state index >= 15 is 0 Å². The van der Waals surface area contributed by atoms with E-state index in [4.69, 9.17) is 4.74 Å². The molecule has 0 aromatic heterocycles. The van der Waals surface area contributed by atoms with E-state index in [0.717, 1.165) is 25.0 Å². The van der Waals surface area contributed by atoms with Crippen molar-refractivity contribution < 1.29 is 9.53 Å². The Morgan fingerprint density at radius 2 is 2.11 bits per heavy atom. The quantitative estimate of drug-likeness (QED) is 0.805. The van der Waals surface area contributed by atoms with Crippen LogP contribution in [0.4, 0.5) is 0 Å². The molecule has 1 saturated carbocycles. The second kappa shape index (κ2) is 5.55. The van der Waals surface area contributed by atoms with Crippen LogP contribution in [0.5, 0.6) is 5.75 Å². The zero-order valence-electron chi connectivity index (χ0n) is 11.5. The van der Waals surface area contributed by atoms with Crippen LogP contribution in [0.1, 0.15) is 56.6 Å². The van der Waals surface area contributed by atoms with Crippen LogP contribution in [0.25, 0.3) is 0 Å². The fourth-order valence-electron chi connectivity index (χ4n) is 2.49. The van der Waals surface area contributed by atoms with E-state index in [1.54, 1.807) is 0 Å². The summed E-state index contributed by atoms with van der Waals surface area (Å²) in [6, 6.07) is 6.35. The Kier molecular flexibility index (Phi) is 4.05. The molecule has 0 saturated heterocycles. The number of rotatable bonds is 3. The predicted octanol–water partition coefficient (Wildman–Crippen LogP) is 4.01. The van der Waals surface area contributed by atoms with Crippen LogP contribution in [0, 0.1) is 6.92 Å². The van der Waals surface area contributed by atoms with Gasteiger partial charge in [0, 0.05) is 12.8 Å². The van der Waals surface area contributed by atoms with Gasteiger partial charge in [0.15, 0.2) is 0 Å². The van der Waals surface area contributed by atoms with Crippen LogP contribution in [-0.2, 0) is 4.79 Å². The van der Waals surface area contributed by atoms with Crippen molar-refractivity contribution in [2.45, 2.75) is 58.5 Å². The molecule has 1 fully saturated rings. The molecule has 0 heterocycles. The van der Waals surface area contributed by atoms with Gasteiger partial charge in [0.05, 0.1) is 0 Å². The normalized spacial score (nSPS) is 20.2. The number of hydrogen-bond donors (Lipinski definition) is 0. The lowest BCUT2D eigenvalue weighted by Gasteiger charge is -2.24. The Labute approximate surface area is 109 Å².